The molecule has 76 valence electrons. The van der Waals surface area contributed by atoms with Crippen molar-refractivity contribution >= 4 is 17.5 Å². The van der Waals surface area contributed by atoms with Gasteiger partial charge in [0.2, 0.25) is 0 Å². The van der Waals surface area contributed by atoms with Crippen LogP contribution >= 0.6 is 11.6 Å². The van der Waals surface area contributed by atoms with E-state index in [0.29, 0.717) is 18.1 Å². The van der Waals surface area contributed by atoms with Gasteiger partial charge < -0.3 is 5.32 Å². The lowest BCUT2D eigenvalue weighted by Crippen LogP contribution is -2.25. The van der Waals surface area contributed by atoms with Crippen molar-refractivity contribution in [3.63, 3.8) is 0 Å². The van der Waals surface area contributed by atoms with E-state index in [0.717, 1.165) is 12.1 Å². The zero-order chi connectivity index (χ0) is 10.4. The molecule has 1 rings (SSSR count). The number of carbonyl (C=O) groups excluding carboxylic acids is 1. The van der Waals surface area contributed by atoms with Crippen LogP contribution in [0.2, 0.25) is 0 Å². The molecule has 0 unspecified atom stereocenters. The number of hydrogen-bond acceptors (Lipinski definition) is 3. The molecule has 0 aromatic carbocycles. The predicted octanol–water partition coefficient (Wildman–Crippen LogP) is 1.14. The molecule has 0 saturated carbocycles. The van der Waals surface area contributed by atoms with E-state index in [1.54, 1.807) is 6.20 Å². The van der Waals surface area contributed by atoms with E-state index in [9.17, 15) is 4.79 Å². The Kier molecular flexibility index (Phi) is 4.32. The Hall–Kier alpha value is -1.16. The molecule has 5 heteroatoms. The van der Waals surface area contributed by atoms with Gasteiger partial charge in [-0.25, -0.2) is 4.98 Å². The fraction of sp³-hybridized carbons (Fsp3) is 0.444. The fourth-order valence-electron chi connectivity index (χ4n) is 0.869. The zero-order valence-corrected chi connectivity index (χ0v) is 8.71. The maximum Gasteiger partial charge on any atom is 0.271 e. The summed E-state index contributed by atoms with van der Waals surface area (Å²) in [5.74, 6) is 0.336. The summed E-state index contributed by atoms with van der Waals surface area (Å²) >= 11 is 5.47. The normalized spacial score (nSPS) is 9.86. The van der Waals surface area contributed by atoms with Crippen LogP contribution < -0.4 is 5.32 Å². The van der Waals surface area contributed by atoms with Crippen molar-refractivity contribution in [2.45, 2.75) is 13.3 Å². The third-order valence-corrected chi connectivity index (χ3v) is 1.88. The van der Waals surface area contributed by atoms with Crippen molar-refractivity contribution in [3.05, 3.63) is 23.8 Å². The molecule has 0 fully saturated rings. The molecule has 4 nitrogen and oxygen atoms in total. The summed E-state index contributed by atoms with van der Waals surface area (Å²) in [6, 6.07) is 0. The lowest BCUT2D eigenvalue weighted by Gasteiger charge is -2.02. The molecular formula is C9H12ClN3O. The van der Waals surface area contributed by atoms with Gasteiger partial charge in [-0.05, 0) is 13.3 Å². The van der Waals surface area contributed by atoms with Gasteiger partial charge in [-0.15, -0.1) is 11.6 Å². The second-order valence-electron chi connectivity index (χ2n) is 2.84. The average molecular weight is 214 g/mol. The van der Waals surface area contributed by atoms with Crippen molar-refractivity contribution in [3.8, 4) is 0 Å². The molecule has 0 radical (unpaired) electrons. The van der Waals surface area contributed by atoms with Gasteiger partial charge >= 0.3 is 0 Å². The number of amides is 1. The van der Waals surface area contributed by atoms with E-state index in [2.05, 4.69) is 15.3 Å². The Bertz CT molecular complexity index is 299. The van der Waals surface area contributed by atoms with E-state index in [1.165, 1.54) is 6.20 Å². The molecule has 0 bridgehead atoms. The number of alkyl halides is 1. The van der Waals surface area contributed by atoms with Crippen LogP contribution in [0, 0.1) is 6.92 Å². The van der Waals surface area contributed by atoms with Gasteiger partial charge in [-0.1, -0.05) is 0 Å². The molecule has 1 aromatic heterocycles. The maximum absolute atomic E-state index is 11.4. The van der Waals surface area contributed by atoms with Gasteiger partial charge in [0.25, 0.3) is 5.91 Å². The minimum atomic E-state index is -0.206. The Balaban J connectivity index is 2.48. The quantitative estimate of drug-likeness (QED) is 0.603. The summed E-state index contributed by atoms with van der Waals surface area (Å²) in [6.07, 6.45) is 3.79. The highest BCUT2D eigenvalue weighted by Crippen LogP contribution is 1.93. The summed E-state index contributed by atoms with van der Waals surface area (Å²) in [7, 11) is 0. The fourth-order valence-corrected chi connectivity index (χ4v) is 1.00. The lowest BCUT2D eigenvalue weighted by molar-refractivity contribution is 0.0948. The average Bonchev–Trinajstić information content (AvgIpc) is 2.19. The SMILES string of the molecule is Cc1cnc(C(=O)NCCCCl)cn1. The summed E-state index contributed by atoms with van der Waals surface area (Å²) in [6.45, 7) is 2.39. The minimum absolute atomic E-state index is 0.206. The minimum Gasteiger partial charge on any atom is -0.351 e. The Morgan fingerprint density at radius 1 is 1.50 bits per heavy atom. The molecule has 0 aliphatic rings. The number of nitrogens with zero attached hydrogens (tertiary/aromatic N) is 2. The van der Waals surface area contributed by atoms with Crippen molar-refractivity contribution in [1.82, 2.24) is 15.3 Å². The zero-order valence-electron chi connectivity index (χ0n) is 7.96. The van der Waals surface area contributed by atoms with Crippen molar-refractivity contribution in [2.24, 2.45) is 0 Å². The molecule has 1 heterocycles. The third-order valence-electron chi connectivity index (χ3n) is 1.61. The third kappa shape index (κ3) is 3.30. The first-order chi connectivity index (χ1) is 6.74. The van der Waals surface area contributed by atoms with Gasteiger partial charge in [-0.2, -0.15) is 0 Å². The van der Waals surface area contributed by atoms with E-state index < -0.39 is 0 Å². The standard InChI is InChI=1S/C9H12ClN3O/c1-7-5-13-8(6-12-7)9(14)11-4-2-3-10/h5-6H,2-4H2,1H3,(H,11,14). The second kappa shape index (κ2) is 5.54. The van der Waals surface area contributed by atoms with Crippen LogP contribution in [0.15, 0.2) is 12.4 Å². The van der Waals surface area contributed by atoms with Crippen LogP contribution in [0.1, 0.15) is 22.6 Å². The first-order valence-corrected chi connectivity index (χ1v) is 4.90. The number of halogens is 1. The van der Waals surface area contributed by atoms with Gasteiger partial charge in [0.05, 0.1) is 11.9 Å². The number of hydrogen-bond donors (Lipinski definition) is 1. The summed E-state index contributed by atoms with van der Waals surface area (Å²) in [5.41, 5.74) is 1.13. The van der Waals surface area contributed by atoms with Crippen LogP contribution in [0.5, 0.6) is 0 Å². The molecule has 1 N–H and O–H groups in total. The molecule has 0 spiro atoms. The predicted molar refractivity (Wildman–Crippen MR) is 54.4 cm³/mol. The maximum atomic E-state index is 11.4. The molecule has 0 aliphatic carbocycles. The van der Waals surface area contributed by atoms with Crippen molar-refractivity contribution < 1.29 is 4.79 Å². The first-order valence-electron chi connectivity index (χ1n) is 4.37. The topological polar surface area (TPSA) is 54.9 Å². The highest BCUT2D eigenvalue weighted by molar-refractivity contribution is 6.17. The van der Waals surface area contributed by atoms with E-state index >= 15 is 0 Å². The smallest absolute Gasteiger partial charge is 0.271 e. The molecule has 0 aliphatic heterocycles. The number of nitrogens with one attached hydrogen (secondary N) is 1. The van der Waals surface area contributed by atoms with Crippen molar-refractivity contribution in [1.29, 1.82) is 0 Å². The largest absolute Gasteiger partial charge is 0.351 e. The number of aromatic nitrogens is 2. The van der Waals surface area contributed by atoms with Crippen LogP contribution in [-0.2, 0) is 0 Å². The van der Waals surface area contributed by atoms with Crippen molar-refractivity contribution in [2.75, 3.05) is 12.4 Å². The van der Waals surface area contributed by atoms with Gasteiger partial charge in [0, 0.05) is 18.6 Å². The molecule has 1 aromatic rings. The molecule has 0 atom stereocenters. The highest BCUT2D eigenvalue weighted by atomic mass is 35.5. The molecule has 14 heavy (non-hydrogen) atoms. The molecule has 0 saturated heterocycles. The van der Waals surface area contributed by atoms with Gasteiger partial charge in [0.1, 0.15) is 5.69 Å². The lowest BCUT2D eigenvalue weighted by atomic mass is 10.4. The van der Waals surface area contributed by atoms with Crippen LogP contribution in [0.4, 0.5) is 0 Å². The first kappa shape index (κ1) is 10.9. The Morgan fingerprint density at radius 3 is 2.86 bits per heavy atom. The molecule has 1 amide bonds. The highest BCUT2D eigenvalue weighted by Gasteiger charge is 2.05. The summed E-state index contributed by atoms with van der Waals surface area (Å²) in [4.78, 5) is 19.3. The van der Waals surface area contributed by atoms with E-state index in [1.807, 2.05) is 6.92 Å². The van der Waals surface area contributed by atoms with Gasteiger partial charge in [0.15, 0.2) is 0 Å². The van der Waals surface area contributed by atoms with Crippen LogP contribution in [0.3, 0.4) is 0 Å². The number of carbonyl (C=O) groups is 1. The summed E-state index contributed by atoms with van der Waals surface area (Å²) < 4.78 is 0. The Morgan fingerprint density at radius 2 is 2.29 bits per heavy atom. The van der Waals surface area contributed by atoms with E-state index in [4.69, 9.17) is 11.6 Å². The molecular weight excluding hydrogens is 202 g/mol. The van der Waals surface area contributed by atoms with E-state index in [-0.39, 0.29) is 5.91 Å². The second-order valence-corrected chi connectivity index (χ2v) is 3.22. The summed E-state index contributed by atoms with van der Waals surface area (Å²) in [5, 5.41) is 2.69. The van der Waals surface area contributed by atoms with Crippen LogP contribution in [-0.4, -0.2) is 28.3 Å². The monoisotopic (exact) mass is 213 g/mol. The van der Waals surface area contributed by atoms with Gasteiger partial charge in [-0.3, -0.25) is 9.78 Å². The number of rotatable bonds is 4. The Labute approximate surface area is 87.7 Å². The van der Waals surface area contributed by atoms with Crippen LogP contribution in [0.25, 0.3) is 0 Å². The number of aryl methyl sites for hydroxylation is 1.